The fraction of sp³-hybridized carbons (Fsp3) is 0.500. The van der Waals surface area contributed by atoms with Crippen molar-refractivity contribution in [2.45, 2.75) is 6.54 Å². The van der Waals surface area contributed by atoms with Crippen molar-refractivity contribution in [3.63, 3.8) is 0 Å². The molecule has 11 heavy (non-hydrogen) atoms. The smallest absolute Gasteiger partial charge is 0.139 e. The zero-order chi connectivity index (χ0) is 8.43. The first-order chi connectivity index (χ1) is 5.16. The van der Waals surface area contributed by atoms with Gasteiger partial charge in [-0.25, -0.2) is 4.98 Å². The second kappa shape index (κ2) is 3.69. The average Bonchev–Trinajstić information content (AvgIpc) is 2.19. The van der Waals surface area contributed by atoms with Crippen LogP contribution in [-0.4, -0.2) is 16.6 Å². The maximum Gasteiger partial charge on any atom is 0.139 e. The SMILES string of the molecule is CNCc1nc(Br)c(Br)n1C. The third kappa shape index (κ3) is 1.83. The van der Waals surface area contributed by atoms with Gasteiger partial charge >= 0.3 is 0 Å². The molecule has 0 spiro atoms. The van der Waals surface area contributed by atoms with E-state index in [1.54, 1.807) is 0 Å². The lowest BCUT2D eigenvalue weighted by Crippen LogP contribution is -2.10. The molecule has 1 N–H and O–H groups in total. The quantitative estimate of drug-likeness (QED) is 0.894. The topological polar surface area (TPSA) is 29.9 Å². The third-order valence-corrected chi connectivity index (χ3v) is 3.41. The molecule has 1 aromatic heterocycles. The summed E-state index contributed by atoms with van der Waals surface area (Å²) in [6, 6.07) is 0. The first-order valence-corrected chi connectivity index (χ1v) is 4.76. The Kier molecular flexibility index (Phi) is 3.09. The fourth-order valence-electron chi connectivity index (χ4n) is 0.802. The van der Waals surface area contributed by atoms with Crippen molar-refractivity contribution in [3.8, 4) is 0 Å². The summed E-state index contributed by atoms with van der Waals surface area (Å²) in [6.45, 7) is 0.778. The summed E-state index contributed by atoms with van der Waals surface area (Å²) in [5, 5.41) is 3.04. The summed E-state index contributed by atoms with van der Waals surface area (Å²) in [5.41, 5.74) is 0. The van der Waals surface area contributed by atoms with Gasteiger partial charge in [-0.3, -0.25) is 0 Å². The third-order valence-electron chi connectivity index (χ3n) is 1.41. The van der Waals surface area contributed by atoms with Gasteiger partial charge in [0.1, 0.15) is 15.0 Å². The highest BCUT2D eigenvalue weighted by molar-refractivity contribution is 9.13. The van der Waals surface area contributed by atoms with Gasteiger partial charge in [0, 0.05) is 7.05 Å². The summed E-state index contributed by atoms with van der Waals surface area (Å²) in [4.78, 5) is 4.27. The van der Waals surface area contributed by atoms with Crippen LogP contribution in [0.1, 0.15) is 5.82 Å². The molecule has 1 rings (SSSR count). The van der Waals surface area contributed by atoms with Gasteiger partial charge in [-0.15, -0.1) is 0 Å². The molecule has 0 fully saturated rings. The predicted molar refractivity (Wildman–Crippen MR) is 51.4 cm³/mol. The molecule has 0 aliphatic carbocycles. The molecule has 5 heteroatoms. The van der Waals surface area contributed by atoms with E-state index >= 15 is 0 Å². The lowest BCUT2D eigenvalue weighted by molar-refractivity contribution is 0.703. The second-order valence-electron chi connectivity index (χ2n) is 2.20. The van der Waals surface area contributed by atoms with Gasteiger partial charge in [-0.2, -0.15) is 0 Å². The van der Waals surface area contributed by atoms with Crippen LogP contribution in [0.2, 0.25) is 0 Å². The molecule has 0 aromatic carbocycles. The summed E-state index contributed by atoms with van der Waals surface area (Å²) < 4.78 is 3.81. The molecule has 0 saturated carbocycles. The molecule has 3 nitrogen and oxygen atoms in total. The molecular formula is C6H9Br2N3. The molecule has 0 aliphatic rings. The minimum atomic E-state index is 0.778. The maximum absolute atomic E-state index is 4.27. The zero-order valence-electron chi connectivity index (χ0n) is 6.36. The van der Waals surface area contributed by atoms with E-state index in [2.05, 4.69) is 42.2 Å². The minimum Gasteiger partial charge on any atom is -0.324 e. The van der Waals surface area contributed by atoms with Crippen LogP contribution in [0.25, 0.3) is 0 Å². The number of halogens is 2. The predicted octanol–water partition coefficient (Wildman–Crippen LogP) is 1.66. The molecule has 62 valence electrons. The number of aromatic nitrogens is 2. The Balaban J connectivity index is 2.98. The fourth-order valence-corrected chi connectivity index (χ4v) is 1.57. The van der Waals surface area contributed by atoms with Gasteiger partial charge < -0.3 is 9.88 Å². The highest BCUT2D eigenvalue weighted by Crippen LogP contribution is 2.22. The lowest BCUT2D eigenvalue weighted by Gasteiger charge is -1.99. The van der Waals surface area contributed by atoms with E-state index in [9.17, 15) is 0 Å². The number of hydrogen-bond acceptors (Lipinski definition) is 2. The van der Waals surface area contributed by atoms with E-state index < -0.39 is 0 Å². The Morgan fingerprint density at radius 3 is 2.55 bits per heavy atom. The monoisotopic (exact) mass is 281 g/mol. The van der Waals surface area contributed by atoms with Gasteiger partial charge in [0.05, 0.1) is 6.54 Å². The summed E-state index contributed by atoms with van der Waals surface area (Å²) in [7, 11) is 3.87. The summed E-state index contributed by atoms with van der Waals surface area (Å²) in [5.74, 6) is 1.01. The van der Waals surface area contributed by atoms with Crippen LogP contribution >= 0.6 is 31.9 Å². The molecule has 0 bridgehead atoms. The average molecular weight is 283 g/mol. The van der Waals surface area contributed by atoms with Crippen LogP contribution in [-0.2, 0) is 13.6 Å². The van der Waals surface area contributed by atoms with Crippen LogP contribution in [0, 0.1) is 0 Å². The van der Waals surface area contributed by atoms with Gasteiger partial charge in [-0.1, -0.05) is 0 Å². The molecule has 0 aliphatic heterocycles. The summed E-state index contributed by atoms with van der Waals surface area (Å²) in [6.07, 6.45) is 0. The van der Waals surface area contributed by atoms with Crippen LogP contribution in [0.5, 0.6) is 0 Å². The first kappa shape index (κ1) is 9.22. The Hall–Kier alpha value is 0.130. The molecule has 0 unspecified atom stereocenters. The van der Waals surface area contributed by atoms with E-state index in [0.717, 1.165) is 21.6 Å². The van der Waals surface area contributed by atoms with Crippen molar-refractivity contribution < 1.29 is 0 Å². The zero-order valence-corrected chi connectivity index (χ0v) is 9.53. The van der Waals surface area contributed by atoms with Gasteiger partial charge in [0.25, 0.3) is 0 Å². The lowest BCUT2D eigenvalue weighted by atomic mass is 10.6. The van der Waals surface area contributed by atoms with Crippen molar-refractivity contribution in [2.24, 2.45) is 7.05 Å². The first-order valence-electron chi connectivity index (χ1n) is 3.18. The van der Waals surface area contributed by atoms with Crippen LogP contribution in [0.15, 0.2) is 9.21 Å². The van der Waals surface area contributed by atoms with Crippen molar-refractivity contribution >= 4 is 31.9 Å². The number of nitrogens with one attached hydrogen (secondary N) is 1. The summed E-state index contributed by atoms with van der Waals surface area (Å²) >= 11 is 6.73. The Morgan fingerprint density at radius 2 is 2.18 bits per heavy atom. The molecular weight excluding hydrogens is 274 g/mol. The Morgan fingerprint density at radius 1 is 1.55 bits per heavy atom. The van der Waals surface area contributed by atoms with Gasteiger partial charge in [0.2, 0.25) is 0 Å². The van der Waals surface area contributed by atoms with Gasteiger partial charge in [0.15, 0.2) is 0 Å². The normalized spacial score (nSPS) is 10.5. The van der Waals surface area contributed by atoms with Crippen molar-refractivity contribution in [1.82, 2.24) is 14.9 Å². The number of hydrogen-bond donors (Lipinski definition) is 1. The molecule has 0 amide bonds. The van der Waals surface area contributed by atoms with E-state index in [0.29, 0.717) is 0 Å². The van der Waals surface area contributed by atoms with E-state index in [1.807, 2.05) is 18.7 Å². The highest BCUT2D eigenvalue weighted by Gasteiger charge is 2.07. The number of imidazole rings is 1. The minimum absolute atomic E-state index is 0.778. The Bertz CT molecular complexity index is 257. The number of nitrogens with zero attached hydrogens (tertiary/aromatic N) is 2. The second-order valence-corrected chi connectivity index (χ2v) is 3.70. The van der Waals surface area contributed by atoms with E-state index in [1.165, 1.54) is 0 Å². The largest absolute Gasteiger partial charge is 0.324 e. The maximum atomic E-state index is 4.27. The van der Waals surface area contributed by atoms with Gasteiger partial charge in [-0.05, 0) is 38.9 Å². The van der Waals surface area contributed by atoms with Crippen molar-refractivity contribution in [3.05, 3.63) is 15.0 Å². The van der Waals surface area contributed by atoms with Crippen molar-refractivity contribution in [1.29, 1.82) is 0 Å². The molecule has 1 heterocycles. The Labute approximate surface area is 82.4 Å². The highest BCUT2D eigenvalue weighted by atomic mass is 79.9. The number of rotatable bonds is 2. The molecule has 1 aromatic rings. The standard InChI is InChI=1S/C6H9Br2N3/c1-9-3-4-10-5(7)6(8)11(4)2/h9H,3H2,1-2H3. The molecule has 0 radical (unpaired) electrons. The van der Waals surface area contributed by atoms with E-state index in [4.69, 9.17) is 0 Å². The van der Waals surface area contributed by atoms with Crippen LogP contribution in [0.4, 0.5) is 0 Å². The van der Waals surface area contributed by atoms with Crippen LogP contribution < -0.4 is 5.32 Å². The van der Waals surface area contributed by atoms with Crippen molar-refractivity contribution in [2.75, 3.05) is 7.05 Å². The van der Waals surface area contributed by atoms with E-state index in [-0.39, 0.29) is 0 Å². The molecule has 0 atom stereocenters. The molecule has 0 saturated heterocycles. The van der Waals surface area contributed by atoms with Crippen LogP contribution in [0.3, 0.4) is 0 Å².